The second-order valence-electron chi connectivity index (χ2n) is 5.92. The van der Waals surface area contributed by atoms with Crippen LogP contribution in [0.2, 0.25) is 0 Å². The standard InChI is InChI=1S/C19H20F3NO4/c1-2-3-4-5-12-26-18-13-15(8-11-17(18)23(24)25)14-6-9-16(10-7-14)27-19(20,21)22/h6-11,13H,2-5,12H2,1H3. The van der Waals surface area contributed by atoms with Gasteiger partial charge >= 0.3 is 12.0 Å². The molecule has 8 heteroatoms. The van der Waals surface area contributed by atoms with E-state index in [9.17, 15) is 23.3 Å². The molecule has 27 heavy (non-hydrogen) atoms. The van der Waals surface area contributed by atoms with Crippen LogP contribution in [0, 0.1) is 10.1 Å². The first kappa shape index (κ1) is 20.5. The van der Waals surface area contributed by atoms with Gasteiger partial charge in [0.1, 0.15) is 5.75 Å². The summed E-state index contributed by atoms with van der Waals surface area (Å²) in [4.78, 5) is 10.7. The van der Waals surface area contributed by atoms with Gasteiger partial charge in [-0.05, 0) is 41.8 Å². The molecule has 0 aliphatic rings. The van der Waals surface area contributed by atoms with E-state index in [2.05, 4.69) is 11.7 Å². The Bertz CT molecular complexity index is 761. The van der Waals surface area contributed by atoms with Crippen molar-refractivity contribution < 1.29 is 27.6 Å². The van der Waals surface area contributed by atoms with Crippen molar-refractivity contribution in [1.82, 2.24) is 0 Å². The van der Waals surface area contributed by atoms with E-state index in [-0.39, 0.29) is 17.2 Å². The van der Waals surface area contributed by atoms with E-state index in [0.717, 1.165) is 25.7 Å². The molecule has 146 valence electrons. The van der Waals surface area contributed by atoms with Crippen LogP contribution in [0.3, 0.4) is 0 Å². The lowest BCUT2D eigenvalue weighted by Crippen LogP contribution is -2.16. The summed E-state index contributed by atoms with van der Waals surface area (Å²) in [5, 5.41) is 11.2. The zero-order valence-electron chi connectivity index (χ0n) is 14.8. The van der Waals surface area contributed by atoms with Gasteiger partial charge < -0.3 is 9.47 Å². The first-order valence-electron chi connectivity index (χ1n) is 8.57. The molecule has 2 aromatic rings. The topological polar surface area (TPSA) is 61.6 Å². The van der Waals surface area contributed by atoms with Crippen LogP contribution in [-0.4, -0.2) is 17.9 Å². The lowest BCUT2D eigenvalue weighted by Gasteiger charge is -2.11. The van der Waals surface area contributed by atoms with E-state index < -0.39 is 11.3 Å². The molecule has 0 saturated carbocycles. The SMILES string of the molecule is CCCCCCOc1cc(-c2ccc(OC(F)(F)F)cc2)ccc1[N+](=O)[O-]. The average molecular weight is 383 g/mol. The van der Waals surface area contributed by atoms with Crippen molar-refractivity contribution in [2.75, 3.05) is 6.61 Å². The van der Waals surface area contributed by atoms with Gasteiger partial charge in [0, 0.05) is 6.07 Å². The predicted molar refractivity (Wildman–Crippen MR) is 94.9 cm³/mol. The van der Waals surface area contributed by atoms with Crippen LogP contribution in [0.5, 0.6) is 11.5 Å². The molecule has 0 atom stereocenters. The van der Waals surface area contributed by atoms with E-state index in [1.165, 1.54) is 42.5 Å². The molecule has 0 heterocycles. The summed E-state index contributed by atoms with van der Waals surface area (Å²) in [6.45, 7) is 2.45. The molecular formula is C19H20F3NO4. The Labute approximate surface area is 154 Å². The molecule has 0 aliphatic heterocycles. The van der Waals surface area contributed by atoms with Gasteiger partial charge in [0.15, 0.2) is 5.75 Å². The predicted octanol–water partition coefficient (Wildman–Crippen LogP) is 6.12. The highest BCUT2D eigenvalue weighted by molar-refractivity contribution is 5.69. The summed E-state index contributed by atoms with van der Waals surface area (Å²) < 4.78 is 46.1. The number of rotatable bonds is 9. The van der Waals surface area contributed by atoms with Crippen molar-refractivity contribution in [3.63, 3.8) is 0 Å². The number of unbranched alkanes of at least 4 members (excludes halogenated alkanes) is 3. The summed E-state index contributed by atoms with van der Waals surface area (Å²) in [5.41, 5.74) is 1.05. The molecule has 0 radical (unpaired) electrons. The Morgan fingerprint density at radius 3 is 2.26 bits per heavy atom. The highest BCUT2D eigenvalue weighted by Gasteiger charge is 2.31. The quantitative estimate of drug-likeness (QED) is 0.297. The third-order valence-corrected chi connectivity index (χ3v) is 3.83. The molecule has 0 unspecified atom stereocenters. The Morgan fingerprint density at radius 1 is 1.00 bits per heavy atom. The van der Waals surface area contributed by atoms with Crippen LogP contribution in [0.1, 0.15) is 32.6 Å². The molecule has 0 amide bonds. The number of nitro benzene ring substituents is 1. The van der Waals surface area contributed by atoms with Gasteiger partial charge in [-0.3, -0.25) is 10.1 Å². The third-order valence-electron chi connectivity index (χ3n) is 3.83. The number of ether oxygens (including phenoxy) is 2. The lowest BCUT2D eigenvalue weighted by atomic mass is 10.0. The monoisotopic (exact) mass is 383 g/mol. The van der Waals surface area contributed by atoms with Gasteiger partial charge in [0.25, 0.3) is 0 Å². The molecule has 0 N–H and O–H groups in total. The van der Waals surface area contributed by atoms with Gasteiger partial charge in [0.05, 0.1) is 11.5 Å². The van der Waals surface area contributed by atoms with Crippen molar-refractivity contribution in [2.24, 2.45) is 0 Å². The van der Waals surface area contributed by atoms with Gasteiger partial charge in [-0.1, -0.05) is 38.3 Å². The normalized spacial score (nSPS) is 11.3. The highest BCUT2D eigenvalue weighted by atomic mass is 19.4. The van der Waals surface area contributed by atoms with E-state index in [1.807, 2.05) is 0 Å². The largest absolute Gasteiger partial charge is 0.573 e. The maximum atomic E-state index is 12.2. The van der Waals surface area contributed by atoms with E-state index >= 15 is 0 Å². The van der Waals surface area contributed by atoms with Crippen molar-refractivity contribution in [2.45, 2.75) is 39.0 Å². The van der Waals surface area contributed by atoms with Gasteiger partial charge in [-0.25, -0.2) is 0 Å². The number of alkyl halides is 3. The molecule has 0 fully saturated rings. The van der Waals surface area contributed by atoms with E-state index in [1.54, 1.807) is 0 Å². The summed E-state index contributed by atoms with van der Waals surface area (Å²) in [6.07, 6.45) is -0.849. The fourth-order valence-electron chi connectivity index (χ4n) is 2.52. The molecule has 0 spiro atoms. The minimum atomic E-state index is -4.76. The Morgan fingerprint density at radius 2 is 1.67 bits per heavy atom. The van der Waals surface area contributed by atoms with Crippen molar-refractivity contribution in [1.29, 1.82) is 0 Å². The molecule has 5 nitrogen and oxygen atoms in total. The Hall–Kier alpha value is -2.77. The summed E-state index contributed by atoms with van der Waals surface area (Å²) in [5.74, 6) is -0.190. The molecule has 0 aliphatic carbocycles. The zero-order chi connectivity index (χ0) is 19.9. The summed E-state index contributed by atoms with van der Waals surface area (Å²) in [7, 11) is 0. The number of benzene rings is 2. The molecule has 2 aromatic carbocycles. The van der Waals surface area contributed by atoms with Crippen LogP contribution in [0.15, 0.2) is 42.5 Å². The number of hydrogen-bond acceptors (Lipinski definition) is 4. The third kappa shape index (κ3) is 6.47. The number of nitro groups is 1. The molecule has 0 saturated heterocycles. The van der Waals surface area contributed by atoms with Crippen molar-refractivity contribution in [3.8, 4) is 22.6 Å². The van der Waals surface area contributed by atoms with Gasteiger partial charge in [-0.15, -0.1) is 13.2 Å². The van der Waals surface area contributed by atoms with E-state index in [0.29, 0.717) is 17.7 Å². The number of halogens is 3. The minimum absolute atomic E-state index is 0.143. The van der Waals surface area contributed by atoms with Crippen LogP contribution >= 0.6 is 0 Å². The van der Waals surface area contributed by atoms with Crippen molar-refractivity contribution in [3.05, 3.63) is 52.6 Å². The smallest absolute Gasteiger partial charge is 0.487 e. The lowest BCUT2D eigenvalue weighted by molar-refractivity contribution is -0.385. The highest BCUT2D eigenvalue weighted by Crippen LogP contribution is 2.33. The first-order chi connectivity index (χ1) is 12.8. The molecule has 2 rings (SSSR count). The second-order valence-corrected chi connectivity index (χ2v) is 5.92. The fraction of sp³-hybridized carbons (Fsp3) is 0.368. The zero-order valence-corrected chi connectivity index (χ0v) is 14.8. The van der Waals surface area contributed by atoms with Gasteiger partial charge in [0.2, 0.25) is 0 Å². The maximum Gasteiger partial charge on any atom is 0.573 e. The second kappa shape index (κ2) is 9.25. The van der Waals surface area contributed by atoms with Crippen LogP contribution in [0.25, 0.3) is 11.1 Å². The first-order valence-corrected chi connectivity index (χ1v) is 8.57. The number of hydrogen-bond donors (Lipinski definition) is 0. The fourth-order valence-corrected chi connectivity index (χ4v) is 2.52. The molecule has 0 aromatic heterocycles. The molecular weight excluding hydrogens is 363 g/mol. The Kier molecular flexibility index (Phi) is 7.04. The Balaban J connectivity index is 2.17. The van der Waals surface area contributed by atoms with Gasteiger partial charge in [-0.2, -0.15) is 0 Å². The van der Waals surface area contributed by atoms with Crippen LogP contribution in [-0.2, 0) is 0 Å². The summed E-state index contributed by atoms with van der Waals surface area (Å²) >= 11 is 0. The van der Waals surface area contributed by atoms with E-state index in [4.69, 9.17) is 4.74 Å². The molecule has 0 bridgehead atoms. The van der Waals surface area contributed by atoms with Crippen LogP contribution in [0.4, 0.5) is 18.9 Å². The average Bonchev–Trinajstić information content (AvgIpc) is 2.60. The maximum absolute atomic E-state index is 12.2. The number of nitrogens with zero attached hydrogens (tertiary/aromatic N) is 1. The van der Waals surface area contributed by atoms with Crippen molar-refractivity contribution >= 4 is 5.69 Å². The summed E-state index contributed by atoms with van der Waals surface area (Å²) in [6, 6.07) is 9.67. The minimum Gasteiger partial charge on any atom is -0.487 e. The van der Waals surface area contributed by atoms with Crippen LogP contribution < -0.4 is 9.47 Å².